The third-order valence-electron chi connectivity index (χ3n) is 9.12. The van der Waals surface area contributed by atoms with Crippen LogP contribution in [-0.2, 0) is 0 Å². The zero-order valence-corrected chi connectivity index (χ0v) is 44.0. The lowest BCUT2D eigenvalue weighted by atomic mass is 9.88. The summed E-state index contributed by atoms with van der Waals surface area (Å²) in [5.74, 6) is 6.91. The average molecular weight is 736 g/mol. The van der Waals surface area contributed by atoms with Crippen LogP contribution in [-0.4, -0.2) is 0 Å². The lowest BCUT2D eigenvalue weighted by Crippen LogP contribution is -2.10. The Morgan fingerprint density at radius 1 is 0.373 bits per heavy atom. The molecule has 0 nitrogen and oxygen atoms in total. The number of hydrogen-bond donors (Lipinski definition) is 0. The van der Waals surface area contributed by atoms with E-state index in [1.54, 1.807) is 0 Å². The van der Waals surface area contributed by atoms with Gasteiger partial charge in [-0.3, -0.25) is 0 Å². The second-order valence-corrected chi connectivity index (χ2v) is 18.8. The molecule has 0 aliphatic carbocycles. The van der Waals surface area contributed by atoms with Crippen molar-refractivity contribution in [2.45, 2.75) is 279 Å². The van der Waals surface area contributed by atoms with Gasteiger partial charge in [0, 0.05) is 0 Å². The van der Waals surface area contributed by atoms with Gasteiger partial charge in [0.25, 0.3) is 0 Å². The van der Waals surface area contributed by atoms with Gasteiger partial charge in [0.05, 0.1) is 0 Å². The quantitative estimate of drug-likeness (QED) is 0.221. The zero-order valence-electron chi connectivity index (χ0n) is 44.0. The van der Waals surface area contributed by atoms with Crippen LogP contribution in [0.5, 0.6) is 0 Å². The van der Waals surface area contributed by atoms with Crippen molar-refractivity contribution in [2.75, 3.05) is 0 Å². The first-order chi connectivity index (χ1) is 23.0. The topological polar surface area (TPSA) is 0 Å². The first-order valence-electron chi connectivity index (χ1n) is 23.0. The minimum absolute atomic E-state index is 0.542. The van der Waals surface area contributed by atoms with Crippen LogP contribution in [0.1, 0.15) is 279 Å². The van der Waals surface area contributed by atoms with E-state index in [1.807, 2.05) is 13.8 Å². The first-order valence-corrected chi connectivity index (χ1v) is 23.0. The molecule has 0 amide bonds. The lowest BCUT2D eigenvalue weighted by Gasteiger charge is -2.18. The van der Waals surface area contributed by atoms with E-state index >= 15 is 0 Å². The Bertz CT molecular complexity index is 440. The molecule has 0 aromatic heterocycles. The van der Waals surface area contributed by atoms with Gasteiger partial charge in [0.1, 0.15) is 0 Å². The highest BCUT2D eigenvalue weighted by atomic mass is 14.2. The molecule has 0 rings (SSSR count). The molecule has 0 N–H and O–H groups in total. The zero-order chi connectivity index (χ0) is 44.0. The van der Waals surface area contributed by atoms with Gasteiger partial charge in [-0.15, -0.1) is 0 Å². The lowest BCUT2D eigenvalue weighted by molar-refractivity contribution is 0.316. The number of unbranched alkanes of at least 4 members (excludes halogenated alkanes) is 1. The summed E-state index contributed by atoms with van der Waals surface area (Å²) in [7, 11) is 0. The second kappa shape index (κ2) is 59.3. The summed E-state index contributed by atoms with van der Waals surface area (Å²) < 4.78 is 0. The molecule has 0 heterocycles. The van der Waals surface area contributed by atoms with Crippen LogP contribution < -0.4 is 0 Å². The average Bonchev–Trinajstić information content (AvgIpc) is 3.06. The normalized spacial score (nSPS) is 10.1. The van der Waals surface area contributed by atoms with Crippen LogP contribution in [0.4, 0.5) is 0 Å². The van der Waals surface area contributed by atoms with Crippen LogP contribution in [0, 0.1) is 58.2 Å². The molecule has 0 bridgehead atoms. The van der Waals surface area contributed by atoms with E-state index in [-0.39, 0.29) is 0 Å². The van der Waals surface area contributed by atoms with Crippen molar-refractivity contribution in [3.8, 4) is 0 Å². The first kappa shape index (κ1) is 75.8. The van der Waals surface area contributed by atoms with Crippen molar-refractivity contribution >= 4 is 0 Å². The van der Waals surface area contributed by atoms with Gasteiger partial charge >= 0.3 is 0 Å². The summed E-state index contributed by atoms with van der Waals surface area (Å²) in [6.45, 7) is 70.9. The maximum atomic E-state index is 2.31. The van der Waals surface area contributed by atoms with Crippen molar-refractivity contribution in [3.63, 3.8) is 0 Å². The molecule has 0 aromatic carbocycles. The van der Waals surface area contributed by atoms with Crippen LogP contribution in [0.15, 0.2) is 0 Å². The maximum absolute atomic E-state index is 2.31. The minimum Gasteiger partial charge on any atom is -0.0683 e. The standard InChI is InChI=1S/C8H18.C7H16.3C6H14.C5H12.2C4H10.C3H8.C2H6/c1-6(2)8(5)7(3)4;1-5-7(3,4)6-2;1-5-6(2,3)4;1-5(2)6(3)4;1-4-6(3)5-2;1-4-5(2)3;1-4(2)3;1-3-4-2;1-3-2;1-2/h6-8H,1-5H3;5-6H2,1-4H3;5H2,1-4H3;5-6H,1-4H3;6H,4-5H2,1-3H3;5H,4H2,1-3H3;4H,1-3H3;3-4H2,1-2H3;3H2,1-2H3;1-2H3. The maximum Gasteiger partial charge on any atom is -0.0359 e. The molecule has 0 fully saturated rings. The Balaban J connectivity index is -0.0000000466. The monoisotopic (exact) mass is 735 g/mol. The van der Waals surface area contributed by atoms with E-state index in [4.69, 9.17) is 0 Å². The molecule has 0 saturated heterocycles. The van der Waals surface area contributed by atoms with Gasteiger partial charge < -0.3 is 0 Å². The van der Waals surface area contributed by atoms with Crippen molar-refractivity contribution < 1.29 is 0 Å². The molecule has 0 atom stereocenters. The number of hydrogen-bond acceptors (Lipinski definition) is 0. The molecular formula is C51H122. The summed E-state index contributed by atoms with van der Waals surface area (Å²) in [4.78, 5) is 0. The molecule has 0 saturated carbocycles. The Hall–Kier alpha value is 0. The minimum atomic E-state index is 0.542. The van der Waals surface area contributed by atoms with Gasteiger partial charge in [0.2, 0.25) is 0 Å². The van der Waals surface area contributed by atoms with E-state index in [0.717, 1.165) is 47.3 Å². The molecule has 0 radical (unpaired) electrons. The van der Waals surface area contributed by atoms with Crippen LogP contribution >= 0.6 is 0 Å². The van der Waals surface area contributed by atoms with Gasteiger partial charge in [-0.25, -0.2) is 0 Å². The van der Waals surface area contributed by atoms with E-state index < -0.39 is 0 Å². The Kier molecular flexibility index (Phi) is 88.2. The third-order valence-corrected chi connectivity index (χ3v) is 9.12. The van der Waals surface area contributed by atoms with E-state index in [9.17, 15) is 0 Å². The number of rotatable bonds is 9. The Morgan fingerprint density at radius 2 is 0.569 bits per heavy atom. The highest BCUT2D eigenvalue weighted by Crippen LogP contribution is 2.22. The molecule has 0 aliphatic rings. The van der Waals surface area contributed by atoms with E-state index in [2.05, 4.69) is 208 Å². The predicted octanol–water partition coefficient (Wildman–Crippen LogP) is 20.9. The summed E-state index contributed by atoms with van der Waals surface area (Å²) in [5.41, 5.74) is 1.12. The van der Waals surface area contributed by atoms with Gasteiger partial charge in [-0.05, 0) is 58.2 Å². The summed E-state index contributed by atoms with van der Waals surface area (Å²) in [6, 6.07) is 0. The van der Waals surface area contributed by atoms with Crippen LogP contribution in [0.25, 0.3) is 0 Å². The molecule has 51 heavy (non-hydrogen) atoms. The SMILES string of the molecule is CC.CC(C)C.CC(C)C(C)C.CC(C)C(C)C(C)C.CCC.CCC(C)(C)C.CCC(C)(C)CC.CCC(C)C.CCC(C)CC.CCCC. The van der Waals surface area contributed by atoms with Gasteiger partial charge in [-0.2, -0.15) is 0 Å². The fourth-order valence-electron chi connectivity index (χ4n) is 1.31. The second-order valence-electron chi connectivity index (χ2n) is 18.8. The summed E-state index contributed by atoms with van der Waals surface area (Å²) in [5, 5.41) is 0. The molecule has 0 spiro atoms. The molecule has 0 unspecified atom stereocenters. The van der Waals surface area contributed by atoms with Crippen molar-refractivity contribution in [1.29, 1.82) is 0 Å². The van der Waals surface area contributed by atoms with Gasteiger partial charge in [-0.1, -0.05) is 279 Å². The van der Waals surface area contributed by atoms with Crippen molar-refractivity contribution in [3.05, 3.63) is 0 Å². The largest absolute Gasteiger partial charge is 0.0683 e. The van der Waals surface area contributed by atoms with Crippen LogP contribution in [0.3, 0.4) is 0 Å². The highest BCUT2D eigenvalue weighted by Gasteiger charge is 2.10. The molecular weight excluding hydrogens is 613 g/mol. The van der Waals surface area contributed by atoms with E-state index in [1.165, 1.54) is 57.8 Å². The van der Waals surface area contributed by atoms with Crippen molar-refractivity contribution in [2.24, 2.45) is 58.2 Å². The predicted molar refractivity (Wildman–Crippen MR) is 256 cm³/mol. The Labute approximate surface area is 336 Å². The highest BCUT2D eigenvalue weighted by molar-refractivity contribution is 4.62. The summed E-state index contributed by atoms with van der Waals surface area (Å²) in [6.07, 6.45) is 11.7. The molecule has 326 valence electrons. The van der Waals surface area contributed by atoms with Crippen LogP contribution in [0.2, 0.25) is 0 Å². The van der Waals surface area contributed by atoms with Gasteiger partial charge in [0.15, 0.2) is 0 Å². The smallest absolute Gasteiger partial charge is 0.0359 e. The Morgan fingerprint density at radius 3 is 0.569 bits per heavy atom. The van der Waals surface area contributed by atoms with E-state index in [0.29, 0.717) is 10.8 Å². The fraction of sp³-hybridized carbons (Fsp3) is 1.00. The third kappa shape index (κ3) is 147. The molecule has 0 heteroatoms. The molecule has 0 aliphatic heterocycles. The fourth-order valence-corrected chi connectivity index (χ4v) is 1.31. The van der Waals surface area contributed by atoms with Crippen molar-refractivity contribution in [1.82, 2.24) is 0 Å². The summed E-state index contributed by atoms with van der Waals surface area (Å²) >= 11 is 0. The molecule has 0 aromatic rings.